The Kier molecular flexibility index (Phi) is 8.97. The maximum Gasteiger partial charge on any atom is 0.310 e. The zero-order chi connectivity index (χ0) is 56.3. The van der Waals surface area contributed by atoms with Gasteiger partial charge in [-0.05, 0) is 141 Å². The zero-order valence-electron chi connectivity index (χ0n) is 42.4. The second kappa shape index (κ2) is 15.0. The third-order valence-electron chi connectivity index (χ3n) is 16.4. The van der Waals surface area contributed by atoms with Crippen LogP contribution in [-0.2, 0) is 0 Å². The van der Waals surface area contributed by atoms with Crippen LogP contribution in [0.15, 0.2) is 210 Å². The van der Waals surface area contributed by atoms with Gasteiger partial charge < -0.3 is 28.9 Å². The van der Waals surface area contributed by atoms with E-state index in [0.717, 1.165) is 33.3 Å². The minimum atomic E-state index is -10.6. The SMILES string of the molecule is Cc1cc2c3c(c1)N(c1ccccc1)c1cc4c(cc1B3c1ccccc1O2)B1c2cc3c(cc2N(c2ccccc2)c2cc(S(F)(F)(F)(F)F)cc(c21)O4)N(c1ccccc1)c1cc(S(F)(F)(F)(F)F)cc2c1B3c1ccccc1O2. The van der Waals surface area contributed by atoms with E-state index in [1.54, 1.807) is 91.0 Å². The van der Waals surface area contributed by atoms with Crippen LogP contribution in [0.5, 0.6) is 34.5 Å². The van der Waals surface area contributed by atoms with Crippen LogP contribution in [0.4, 0.5) is 90.0 Å². The van der Waals surface area contributed by atoms with Gasteiger partial charge in [0.05, 0.1) is 0 Å². The van der Waals surface area contributed by atoms with E-state index in [1.807, 2.05) is 90.7 Å². The van der Waals surface area contributed by atoms with Gasteiger partial charge in [-0.25, -0.2) is 0 Å². The number of nitrogens with zero attached hydrogens (tertiary/aromatic N) is 3. The molecule has 0 saturated carbocycles. The highest BCUT2D eigenvalue weighted by Gasteiger charge is 2.68. The quantitative estimate of drug-likeness (QED) is 0.126. The van der Waals surface area contributed by atoms with Crippen molar-refractivity contribution < 1.29 is 53.1 Å². The molecule has 82 heavy (non-hydrogen) atoms. The minimum absolute atomic E-state index is 0.0782. The standard InChI is InChI=1S/C61H36B3F10N3O3S2/c1-35-25-50-59-56(26-35)78-53-23-13-11-21-41(53)63(59)45-32-46-55(34-49(45)77(50)38-19-9-4-10-20-38)80-58-30-40(82(70,71,72,73)74)28-52-61(58)64(46)44-31-43-47(33-48(44)76(52)37-17-7-3-8-18-37)75(36-15-5-2-6-16-36)51-27-39(81(65,66,67,68)69)29-57-60(51)62(43)42-22-12-14-24-54(42)79-57/h2-34H,1H3. The molecule has 0 amide bonds. The van der Waals surface area contributed by atoms with Gasteiger partial charge in [0.1, 0.15) is 44.3 Å². The summed E-state index contributed by atoms with van der Waals surface area (Å²) in [4.78, 5) is 0.456. The van der Waals surface area contributed by atoms with Gasteiger partial charge >= 0.3 is 20.4 Å². The van der Waals surface area contributed by atoms with Gasteiger partial charge in [-0.3, -0.25) is 0 Å². The van der Waals surface area contributed by atoms with E-state index < -0.39 is 61.9 Å². The second-order valence-electron chi connectivity index (χ2n) is 21.5. The molecule has 10 aromatic rings. The first-order valence-electron chi connectivity index (χ1n) is 25.9. The Bertz CT molecular complexity index is 4540. The Morgan fingerprint density at radius 1 is 0.293 bits per heavy atom. The topological polar surface area (TPSA) is 37.4 Å². The molecule has 10 aromatic carbocycles. The molecule has 0 radical (unpaired) electrons. The van der Waals surface area contributed by atoms with E-state index in [0.29, 0.717) is 63.3 Å². The first-order valence-corrected chi connectivity index (χ1v) is 29.8. The fourth-order valence-corrected chi connectivity index (χ4v) is 14.5. The lowest BCUT2D eigenvalue weighted by molar-refractivity contribution is 0.359. The van der Waals surface area contributed by atoms with Crippen LogP contribution in [0.2, 0.25) is 0 Å². The van der Waals surface area contributed by atoms with E-state index in [9.17, 15) is 0 Å². The summed E-state index contributed by atoms with van der Waals surface area (Å²) in [6, 6.07) is 52.8. The zero-order valence-corrected chi connectivity index (χ0v) is 44.1. The van der Waals surface area contributed by atoms with Crippen LogP contribution in [0, 0.1) is 6.92 Å². The van der Waals surface area contributed by atoms with Crippen molar-refractivity contribution in [2.75, 3.05) is 14.7 Å². The van der Waals surface area contributed by atoms with Gasteiger partial charge in [0.2, 0.25) is 0 Å². The average molecular weight is 1150 g/mol. The number of halogens is 10. The number of para-hydroxylation sites is 5. The molecule has 0 unspecified atom stereocenters. The Labute approximate surface area is 463 Å². The lowest BCUT2D eigenvalue weighted by Gasteiger charge is -2.47. The summed E-state index contributed by atoms with van der Waals surface area (Å²) in [5.41, 5.74) is 7.87. The molecule has 16 rings (SSSR count). The summed E-state index contributed by atoms with van der Waals surface area (Å²) in [5, 5.41) is 0. The molecule has 6 aliphatic heterocycles. The fraction of sp³-hybridized carbons (Fsp3) is 0.0164. The van der Waals surface area contributed by atoms with E-state index in [1.165, 1.54) is 15.9 Å². The lowest BCUT2D eigenvalue weighted by atomic mass is 9.29. The predicted octanol–water partition coefficient (Wildman–Crippen LogP) is 14.5. The van der Waals surface area contributed by atoms with E-state index in [2.05, 4.69) is 0 Å². The molecule has 0 N–H and O–H groups in total. The summed E-state index contributed by atoms with van der Waals surface area (Å²) in [7, 11) is -21.1. The lowest BCUT2D eigenvalue weighted by Crippen LogP contribution is -2.65. The first kappa shape index (κ1) is 49.0. The van der Waals surface area contributed by atoms with Crippen LogP contribution in [0.3, 0.4) is 0 Å². The van der Waals surface area contributed by atoms with E-state index >= 15 is 38.9 Å². The number of hydrogen-bond donors (Lipinski definition) is 0. The number of fused-ring (bicyclic) bond motifs is 12. The van der Waals surface area contributed by atoms with Crippen molar-refractivity contribution >= 4 is 141 Å². The van der Waals surface area contributed by atoms with Crippen molar-refractivity contribution in [1.29, 1.82) is 0 Å². The molecular formula is C61H36B3F10N3O3S2. The summed E-state index contributed by atoms with van der Waals surface area (Å²) in [5.74, 6) is 0.499. The van der Waals surface area contributed by atoms with Crippen molar-refractivity contribution in [2.24, 2.45) is 0 Å². The molecule has 0 aliphatic carbocycles. The van der Waals surface area contributed by atoms with Gasteiger partial charge in [-0.1, -0.05) is 142 Å². The van der Waals surface area contributed by atoms with E-state index in [4.69, 9.17) is 14.2 Å². The largest absolute Gasteiger partial charge is 0.458 e. The van der Waals surface area contributed by atoms with Crippen LogP contribution >= 0.6 is 20.4 Å². The van der Waals surface area contributed by atoms with Gasteiger partial charge in [0, 0.05) is 69.4 Å². The number of anilines is 9. The summed E-state index contributed by atoms with van der Waals surface area (Å²) < 4.78 is 175. The van der Waals surface area contributed by atoms with Gasteiger partial charge in [-0.2, -0.15) is 0 Å². The van der Waals surface area contributed by atoms with Crippen molar-refractivity contribution in [3.8, 4) is 34.5 Å². The highest BCUT2D eigenvalue weighted by atomic mass is 32.5. The number of benzene rings is 10. The van der Waals surface area contributed by atoms with E-state index in [-0.39, 0.29) is 56.5 Å². The van der Waals surface area contributed by atoms with Gasteiger partial charge in [0.15, 0.2) is 0 Å². The Balaban J connectivity index is 1.04. The normalized spacial score (nSPS) is 16.3. The molecule has 6 nitrogen and oxygen atoms in total. The fourth-order valence-electron chi connectivity index (χ4n) is 13.2. The van der Waals surface area contributed by atoms with Crippen molar-refractivity contribution in [1.82, 2.24) is 0 Å². The summed E-state index contributed by atoms with van der Waals surface area (Å²) >= 11 is 0. The van der Waals surface area contributed by atoms with Gasteiger partial charge in [0.25, 0.3) is 20.1 Å². The first-order chi connectivity index (χ1) is 38.8. The molecule has 6 heterocycles. The molecule has 0 atom stereocenters. The number of hydrogen-bond acceptors (Lipinski definition) is 6. The van der Waals surface area contributed by atoms with Crippen molar-refractivity contribution in [3.63, 3.8) is 0 Å². The van der Waals surface area contributed by atoms with Crippen LogP contribution in [-0.4, -0.2) is 20.1 Å². The molecule has 404 valence electrons. The maximum absolute atomic E-state index is 15.7. The molecule has 0 spiro atoms. The highest BCUT2D eigenvalue weighted by molar-refractivity contribution is 8.46. The minimum Gasteiger partial charge on any atom is -0.458 e. The smallest absolute Gasteiger partial charge is 0.310 e. The molecule has 0 bridgehead atoms. The van der Waals surface area contributed by atoms with Crippen LogP contribution in [0.1, 0.15) is 5.56 Å². The average Bonchev–Trinajstić information content (AvgIpc) is 0.835. The molecule has 0 fully saturated rings. The van der Waals surface area contributed by atoms with Crippen molar-refractivity contribution in [2.45, 2.75) is 16.7 Å². The molecule has 21 heteroatoms. The van der Waals surface area contributed by atoms with Crippen LogP contribution in [0.25, 0.3) is 0 Å². The summed E-state index contributed by atoms with van der Waals surface area (Å²) in [6.45, 7) is -0.598. The third kappa shape index (κ3) is 7.17. The molecular weight excluding hydrogens is 1110 g/mol. The number of aryl methyl sites for hydroxylation is 1. The monoisotopic (exact) mass is 1150 g/mol. The Hall–Kier alpha value is -8.81. The second-order valence-corrected chi connectivity index (χ2v) is 26.3. The van der Waals surface area contributed by atoms with Gasteiger partial charge in [-0.15, -0.1) is 0 Å². The Morgan fingerprint density at radius 2 is 0.634 bits per heavy atom. The molecule has 6 aliphatic rings. The summed E-state index contributed by atoms with van der Waals surface area (Å²) in [6.07, 6.45) is 0. The number of ether oxygens (including phenoxy) is 3. The maximum atomic E-state index is 15.7. The molecule has 0 saturated heterocycles. The molecule has 0 aromatic heterocycles. The van der Waals surface area contributed by atoms with Crippen molar-refractivity contribution in [3.05, 3.63) is 206 Å². The van der Waals surface area contributed by atoms with Crippen LogP contribution < -0.4 is 78.1 Å². The highest BCUT2D eigenvalue weighted by Crippen LogP contribution is 3.03. The third-order valence-corrected chi connectivity index (χ3v) is 18.6. The number of rotatable bonds is 5. The predicted molar refractivity (Wildman–Crippen MR) is 312 cm³/mol. The Morgan fingerprint density at radius 3 is 1.06 bits per heavy atom.